The van der Waals surface area contributed by atoms with Gasteiger partial charge in [-0.25, -0.2) is 0 Å². The molecule has 0 N–H and O–H groups in total. The van der Waals surface area contributed by atoms with Crippen LogP contribution in [0.15, 0.2) is 36.1 Å². The van der Waals surface area contributed by atoms with Crippen LogP contribution in [0.4, 0.5) is 0 Å². The van der Waals surface area contributed by atoms with Crippen molar-refractivity contribution < 1.29 is 9.53 Å². The fourth-order valence-electron chi connectivity index (χ4n) is 2.10. The molecule has 21 heavy (non-hydrogen) atoms. The van der Waals surface area contributed by atoms with Crippen LogP contribution in [0.5, 0.6) is 0 Å². The van der Waals surface area contributed by atoms with Gasteiger partial charge in [0.05, 0.1) is 0 Å². The molecular formula is C16H25ClN2O2. The first-order valence-electron chi connectivity index (χ1n) is 7.07. The number of piperazine rings is 1. The first-order valence-corrected chi connectivity index (χ1v) is 7.45. The Morgan fingerprint density at radius 3 is 2.24 bits per heavy atom. The lowest BCUT2D eigenvalue weighted by molar-refractivity contribution is -0.137. The summed E-state index contributed by atoms with van der Waals surface area (Å²) in [6, 6.07) is 0. The van der Waals surface area contributed by atoms with Crippen molar-refractivity contribution in [3.63, 3.8) is 0 Å². The summed E-state index contributed by atoms with van der Waals surface area (Å²) in [5, 5.41) is 0.393. The van der Waals surface area contributed by atoms with Crippen LogP contribution in [0.3, 0.4) is 0 Å². The van der Waals surface area contributed by atoms with E-state index in [1.807, 2.05) is 4.90 Å². The van der Waals surface area contributed by atoms with E-state index < -0.39 is 0 Å². The standard InChI is InChI=1S/C16H25ClN2O2/c1-13(17)6-7-14(2)21-12-15(20)18-8-10-19(11-9-18)16(3,4)5/h6-7H,1-2,8-12H2,3-5H3/b7-6-. The average Bonchev–Trinajstić information content (AvgIpc) is 2.41. The number of amides is 1. The summed E-state index contributed by atoms with van der Waals surface area (Å²) in [4.78, 5) is 16.3. The molecule has 0 atom stereocenters. The van der Waals surface area contributed by atoms with Crippen molar-refractivity contribution in [2.24, 2.45) is 0 Å². The summed E-state index contributed by atoms with van der Waals surface area (Å²) in [6.07, 6.45) is 3.18. The molecule has 0 aromatic carbocycles. The van der Waals surface area contributed by atoms with Gasteiger partial charge in [-0.3, -0.25) is 9.69 Å². The lowest BCUT2D eigenvalue weighted by Gasteiger charge is -2.42. The van der Waals surface area contributed by atoms with Gasteiger partial charge in [-0.2, -0.15) is 0 Å². The Bertz CT molecular complexity index is 430. The smallest absolute Gasteiger partial charge is 0.260 e. The quantitative estimate of drug-likeness (QED) is 0.578. The molecule has 0 radical (unpaired) electrons. The molecule has 1 heterocycles. The lowest BCUT2D eigenvalue weighted by atomic mass is 10.1. The fraction of sp³-hybridized carbons (Fsp3) is 0.562. The Hall–Kier alpha value is -1.26. The molecular weight excluding hydrogens is 288 g/mol. The Balaban J connectivity index is 2.35. The fourth-order valence-corrected chi connectivity index (χ4v) is 2.17. The minimum Gasteiger partial charge on any atom is -0.484 e. The van der Waals surface area contributed by atoms with Crippen LogP contribution < -0.4 is 0 Å². The molecule has 0 aromatic heterocycles. The van der Waals surface area contributed by atoms with E-state index in [-0.39, 0.29) is 18.1 Å². The third kappa shape index (κ3) is 6.36. The van der Waals surface area contributed by atoms with E-state index >= 15 is 0 Å². The number of nitrogens with zero attached hydrogens (tertiary/aromatic N) is 2. The van der Waals surface area contributed by atoms with E-state index in [4.69, 9.17) is 16.3 Å². The number of carbonyl (C=O) groups is 1. The predicted molar refractivity (Wildman–Crippen MR) is 87.1 cm³/mol. The van der Waals surface area contributed by atoms with Gasteiger partial charge in [0.25, 0.3) is 5.91 Å². The third-order valence-electron chi connectivity index (χ3n) is 3.41. The highest BCUT2D eigenvalue weighted by atomic mass is 35.5. The molecule has 1 rings (SSSR count). The molecule has 0 aliphatic carbocycles. The highest BCUT2D eigenvalue weighted by Crippen LogP contribution is 2.16. The minimum absolute atomic E-state index is 0.00739. The molecule has 118 valence electrons. The monoisotopic (exact) mass is 312 g/mol. The number of ether oxygens (including phenoxy) is 1. The van der Waals surface area contributed by atoms with Crippen LogP contribution in [-0.4, -0.2) is 54.0 Å². The van der Waals surface area contributed by atoms with Gasteiger partial charge in [0.15, 0.2) is 6.61 Å². The van der Waals surface area contributed by atoms with Gasteiger partial charge in [-0.05, 0) is 32.9 Å². The second-order valence-corrected chi connectivity index (χ2v) is 6.56. The van der Waals surface area contributed by atoms with Crippen LogP contribution in [0.2, 0.25) is 0 Å². The van der Waals surface area contributed by atoms with Crippen molar-refractivity contribution in [2.45, 2.75) is 26.3 Å². The van der Waals surface area contributed by atoms with Crippen molar-refractivity contribution in [2.75, 3.05) is 32.8 Å². The van der Waals surface area contributed by atoms with Gasteiger partial charge >= 0.3 is 0 Å². The van der Waals surface area contributed by atoms with Gasteiger partial charge in [0.2, 0.25) is 0 Å². The highest BCUT2D eigenvalue weighted by Gasteiger charge is 2.27. The van der Waals surface area contributed by atoms with Gasteiger partial charge in [-0.15, -0.1) is 0 Å². The van der Waals surface area contributed by atoms with Crippen LogP contribution in [0.25, 0.3) is 0 Å². The Kier molecular flexibility index (Phi) is 6.49. The topological polar surface area (TPSA) is 32.8 Å². The van der Waals surface area contributed by atoms with E-state index in [0.29, 0.717) is 10.8 Å². The zero-order valence-corrected chi connectivity index (χ0v) is 13.9. The molecule has 0 bridgehead atoms. The molecule has 1 fully saturated rings. The number of allylic oxidation sites excluding steroid dienone is 3. The number of halogens is 1. The summed E-state index contributed by atoms with van der Waals surface area (Å²) in [5.74, 6) is 0.390. The number of rotatable bonds is 5. The molecule has 0 aromatic rings. The Morgan fingerprint density at radius 2 is 1.76 bits per heavy atom. The number of carbonyl (C=O) groups excluding carboxylic acids is 1. The van der Waals surface area contributed by atoms with Crippen molar-refractivity contribution in [3.8, 4) is 0 Å². The first kappa shape index (κ1) is 17.8. The average molecular weight is 313 g/mol. The molecule has 1 amide bonds. The van der Waals surface area contributed by atoms with Crippen LogP contribution in [-0.2, 0) is 9.53 Å². The first-order chi connectivity index (χ1) is 9.70. The zero-order chi connectivity index (χ0) is 16.0. The van der Waals surface area contributed by atoms with E-state index in [1.165, 1.54) is 0 Å². The maximum Gasteiger partial charge on any atom is 0.260 e. The summed E-state index contributed by atoms with van der Waals surface area (Å²) >= 11 is 5.60. The van der Waals surface area contributed by atoms with E-state index in [2.05, 4.69) is 38.8 Å². The van der Waals surface area contributed by atoms with Crippen LogP contribution >= 0.6 is 11.6 Å². The molecule has 5 heteroatoms. The number of hydrogen-bond donors (Lipinski definition) is 0. The largest absolute Gasteiger partial charge is 0.484 e. The molecule has 1 saturated heterocycles. The van der Waals surface area contributed by atoms with E-state index in [9.17, 15) is 4.79 Å². The molecule has 0 spiro atoms. The SMILES string of the molecule is C=C(Cl)/C=C\C(=C)OCC(=O)N1CCN(C(C)(C)C)CC1. The predicted octanol–water partition coefficient (Wildman–Crippen LogP) is 2.77. The third-order valence-corrected chi connectivity index (χ3v) is 3.54. The van der Waals surface area contributed by atoms with Gasteiger partial charge in [-0.1, -0.05) is 24.8 Å². The second kappa shape index (κ2) is 7.66. The zero-order valence-electron chi connectivity index (χ0n) is 13.2. The van der Waals surface area contributed by atoms with Crippen LogP contribution in [0.1, 0.15) is 20.8 Å². The van der Waals surface area contributed by atoms with Crippen molar-refractivity contribution in [3.05, 3.63) is 36.1 Å². The maximum absolute atomic E-state index is 12.1. The molecule has 1 aliphatic heterocycles. The summed E-state index contributed by atoms with van der Waals surface area (Å²) < 4.78 is 5.32. The van der Waals surface area contributed by atoms with E-state index in [1.54, 1.807) is 12.2 Å². The molecule has 0 unspecified atom stereocenters. The van der Waals surface area contributed by atoms with Gasteiger partial charge in [0.1, 0.15) is 5.76 Å². The van der Waals surface area contributed by atoms with Gasteiger partial charge < -0.3 is 9.64 Å². The van der Waals surface area contributed by atoms with Crippen molar-refractivity contribution in [1.82, 2.24) is 9.80 Å². The van der Waals surface area contributed by atoms with Gasteiger partial charge in [0, 0.05) is 36.8 Å². The summed E-state index contributed by atoms with van der Waals surface area (Å²) in [6.45, 7) is 17.1. The molecule has 1 aliphatic rings. The molecule has 4 nitrogen and oxygen atoms in total. The Morgan fingerprint density at radius 1 is 1.19 bits per heavy atom. The lowest BCUT2D eigenvalue weighted by Crippen LogP contribution is -2.55. The van der Waals surface area contributed by atoms with Crippen molar-refractivity contribution >= 4 is 17.5 Å². The summed E-state index contributed by atoms with van der Waals surface area (Å²) in [5.41, 5.74) is 0.147. The number of hydrogen-bond acceptors (Lipinski definition) is 3. The normalized spacial score (nSPS) is 17.0. The van der Waals surface area contributed by atoms with Crippen molar-refractivity contribution in [1.29, 1.82) is 0 Å². The van der Waals surface area contributed by atoms with E-state index in [0.717, 1.165) is 26.2 Å². The minimum atomic E-state index is -0.0113. The highest BCUT2D eigenvalue weighted by molar-refractivity contribution is 6.30. The maximum atomic E-state index is 12.1. The van der Waals surface area contributed by atoms with Crippen LogP contribution in [0, 0.1) is 0 Å². The Labute approximate surface area is 132 Å². The summed E-state index contributed by atoms with van der Waals surface area (Å²) in [7, 11) is 0. The second-order valence-electron chi connectivity index (χ2n) is 6.07. The molecule has 0 saturated carbocycles.